The molecule has 0 spiro atoms. The Bertz CT molecular complexity index is 1180. The lowest BCUT2D eigenvalue weighted by atomic mass is 9.97. The molecule has 3 aromatic heterocycles. The second-order valence-corrected chi connectivity index (χ2v) is 8.14. The SMILES string of the molecule is Cc1c([C@@H]2c3nc[nH]c3CCN2C(=O)CCc2nccs2)oc2ccc(F)cc12. The molecule has 1 atom stereocenters. The number of fused-ring (bicyclic) bond motifs is 2. The van der Waals surface area contributed by atoms with Gasteiger partial charge in [0.1, 0.15) is 23.2 Å². The second-order valence-electron chi connectivity index (χ2n) is 7.16. The van der Waals surface area contributed by atoms with E-state index >= 15 is 0 Å². The summed E-state index contributed by atoms with van der Waals surface area (Å²) in [6.45, 7) is 2.47. The summed E-state index contributed by atoms with van der Waals surface area (Å²) in [4.78, 5) is 26.9. The lowest BCUT2D eigenvalue weighted by molar-refractivity contribution is -0.133. The molecule has 0 fully saturated rings. The van der Waals surface area contributed by atoms with E-state index < -0.39 is 6.04 Å². The molecule has 1 amide bonds. The molecule has 1 N–H and O–H groups in total. The molecule has 1 aliphatic heterocycles. The van der Waals surface area contributed by atoms with Crippen LogP contribution >= 0.6 is 11.3 Å². The summed E-state index contributed by atoms with van der Waals surface area (Å²) in [6.07, 6.45) is 5.10. The predicted molar refractivity (Wildman–Crippen MR) is 107 cm³/mol. The van der Waals surface area contributed by atoms with Gasteiger partial charge in [0.25, 0.3) is 0 Å². The minimum atomic E-state index is -0.427. The Morgan fingerprint density at radius 2 is 2.31 bits per heavy atom. The number of halogens is 1. The lowest BCUT2D eigenvalue weighted by Gasteiger charge is -2.34. The monoisotopic (exact) mass is 410 g/mol. The fourth-order valence-electron chi connectivity index (χ4n) is 4.02. The molecule has 29 heavy (non-hydrogen) atoms. The molecule has 6 nitrogen and oxygen atoms in total. The van der Waals surface area contributed by atoms with E-state index in [1.165, 1.54) is 12.1 Å². The van der Waals surface area contributed by atoms with Crippen molar-refractivity contribution < 1.29 is 13.6 Å². The van der Waals surface area contributed by atoms with Crippen LogP contribution in [-0.4, -0.2) is 32.3 Å². The third-order valence-electron chi connectivity index (χ3n) is 5.47. The number of thiazole rings is 1. The van der Waals surface area contributed by atoms with E-state index in [2.05, 4.69) is 15.0 Å². The van der Waals surface area contributed by atoms with Crippen LogP contribution in [0.3, 0.4) is 0 Å². The molecule has 4 aromatic rings. The number of nitrogens with one attached hydrogen (secondary N) is 1. The molecular weight excluding hydrogens is 391 g/mol. The molecule has 1 aliphatic rings. The van der Waals surface area contributed by atoms with Gasteiger partial charge in [-0.05, 0) is 25.1 Å². The summed E-state index contributed by atoms with van der Waals surface area (Å²) in [6, 6.07) is 4.06. The van der Waals surface area contributed by atoms with Crippen LogP contribution in [0.25, 0.3) is 11.0 Å². The number of rotatable bonds is 4. The third-order valence-corrected chi connectivity index (χ3v) is 6.30. The molecule has 0 radical (unpaired) electrons. The number of H-pyrrole nitrogens is 1. The van der Waals surface area contributed by atoms with E-state index in [-0.39, 0.29) is 11.7 Å². The van der Waals surface area contributed by atoms with Gasteiger partial charge >= 0.3 is 0 Å². The van der Waals surface area contributed by atoms with Crippen molar-refractivity contribution >= 4 is 28.2 Å². The van der Waals surface area contributed by atoms with Gasteiger partial charge in [-0.2, -0.15) is 0 Å². The Kier molecular flexibility index (Phi) is 4.43. The predicted octanol–water partition coefficient (Wildman–Crippen LogP) is 4.17. The molecule has 0 unspecified atom stereocenters. The third kappa shape index (κ3) is 3.13. The zero-order valence-corrected chi connectivity index (χ0v) is 16.6. The first kappa shape index (κ1) is 18.1. The van der Waals surface area contributed by atoms with E-state index in [0.717, 1.165) is 27.3 Å². The molecule has 148 valence electrons. The van der Waals surface area contributed by atoms with Crippen LogP contribution < -0.4 is 0 Å². The normalized spacial score (nSPS) is 16.3. The van der Waals surface area contributed by atoms with Gasteiger partial charge in [-0.15, -0.1) is 11.3 Å². The smallest absolute Gasteiger partial charge is 0.223 e. The van der Waals surface area contributed by atoms with E-state index in [9.17, 15) is 9.18 Å². The van der Waals surface area contributed by atoms with Crippen molar-refractivity contribution in [1.29, 1.82) is 0 Å². The average Bonchev–Trinajstić information content (AvgIpc) is 3.46. The lowest BCUT2D eigenvalue weighted by Crippen LogP contribution is -2.41. The molecule has 1 aromatic carbocycles. The van der Waals surface area contributed by atoms with Gasteiger partial charge in [-0.3, -0.25) is 4.79 Å². The Morgan fingerprint density at radius 3 is 3.14 bits per heavy atom. The fourth-order valence-corrected chi connectivity index (χ4v) is 4.64. The van der Waals surface area contributed by atoms with Crippen molar-refractivity contribution in [3.8, 4) is 0 Å². The highest BCUT2D eigenvalue weighted by Gasteiger charge is 2.37. The first-order valence-corrected chi connectivity index (χ1v) is 10.4. The molecule has 4 heterocycles. The number of benzene rings is 1. The molecule has 0 saturated carbocycles. The van der Waals surface area contributed by atoms with E-state index in [1.807, 2.05) is 17.2 Å². The average molecular weight is 410 g/mol. The zero-order valence-electron chi connectivity index (χ0n) is 15.8. The zero-order chi connectivity index (χ0) is 20.0. The second kappa shape index (κ2) is 7.11. The number of carbonyl (C=O) groups is 1. The number of nitrogens with zero attached hydrogens (tertiary/aromatic N) is 3. The summed E-state index contributed by atoms with van der Waals surface area (Å²) in [5, 5.41) is 3.58. The molecule has 0 aliphatic carbocycles. The number of hydrogen-bond acceptors (Lipinski definition) is 5. The number of carbonyl (C=O) groups excluding carboxylic acids is 1. The highest BCUT2D eigenvalue weighted by Crippen LogP contribution is 2.39. The Balaban J connectivity index is 1.54. The Hall–Kier alpha value is -3.00. The topological polar surface area (TPSA) is 75.0 Å². The van der Waals surface area contributed by atoms with Crippen LogP contribution in [0.4, 0.5) is 4.39 Å². The summed E-state index contributed by atoms with van der Waals surface area (Å²) < 4.78 is 19.9. The Morgan fingerprint density at radius 1 is 1.41 bits per heavy atom. The van der Waals surface area contributed by atoms with Crippen molar-refractivity contribution in [2.45, 2.75) is 32.2 Å². The maximum atomic E-state index is 13.8. The number of aryl methyl sites for hydroxylation is 2. The van der Waals surface area contributed by atoms with Crippen molar-refractivity contribution in [1.82, 2.24) is 19.9 Å². The maximum absolute atomic E-state index is 13.8. The van der Waals surface area contributed by atoms with Gasteiger partial charge in [0.2, 0.25) is 5.91 Å². The first-order valence-electron chi connectivity index (χ1n) is 9.50. The number of imidazole rings is 1. The number of amides is 1. The van der Waals surface area contributed by atoms with Crippen LogP contribution in [0.2, 0.25) is 0 Å². The fraction of sp³-hybridized carbons (Fsp3) is 0.286. The molecule has 5 rings (SSSR count). The van der Waals surface area contributed by atoms with Gasteiger partial charge in [-0.1, -0.05) is 0 Å². The largest absolute Gasteiger partial charge is 0.458 e. The standard InChI is InChI=1S/C21H19FN4O2S/c1-12-14-10-13(22)2-3-16(14)28-21(12)20-19-15(24-11-25-19)6-8-26(20)18(27)5-4-17-23-7-9-29-17/h2-3,7,9-11,20H,4-6,8H2,1H3,(H,24,25)/t20-/m0/s1. The van der Waals surface area contributed by atoms with Crippen LogP contribution in [0, 0.1) is 12.7 Å². The molecule has 8 heteroatoms. The first-order chi connectivity index (χ1) is 14.1. The summed E-state index contributed by atoms with van der Waals surface area (Å²) >= 11 is 1.55. The van der Waals surface area contributed by atoms with Crippen molar-refractivity contribution in [2.24, 2.45) is 0 Å². The summed E-state index contributed by atoms with van der Waals surface area (Å²) in [5.41, 5.74) is 3.24. The van der Waals surface area contributed by atoms with E-state index in [0.29, 0.717) is 37.2 Å². The maximum Gasteiger partial charge on any atom is 0.223 e. The van der Waals surface area contributed by atoms with Crippen LogP contribution in [0.15, 0.2) is 40.5 Å². The van der Waals surface area contributed by atoms with Gasteiger partial charge in [-0.25, -0.2) is 14.4 Å². The minimum Gasteiger partial charge on any atom is -0.458 e. The number of furan rings is 1. The minimum absolute atomic E-state index is 0.0323. The van der Waals surface area contributed by atoms with Crippen LogP contribution in [-0.2, 0) is 17.6 Å². The van der Waals surface area contributed by atoms with Crippen LogP contribution in [0.5, 0.6) is 0 Å². The van der Waals surface area contributed by atoms with Gasteiger partial charge < -0.3 is 14.3 Å². The number of aromatic amines is 1. The summed E-state index contributed by atoms with van der Waals surface area (Å²) in [5.74, 6) is 0.361. The van der Waals surface area contributed by atoms with Crippen LogP contribution in [0.1, 0.15) is 40.2 Å². The van der Waals surface area contributed by atoms with Gasteiger partial charge in [0.05, 0.1) is 17.0 Å². The number of hydrogen-bond donors (Lipinski definition) is 1. The van der Waals surface area contributed by atoms with Crippen molar-refractivity contribution in [3.05, 3.63) is 69.6 Å². The Labute approximate surface area is 170 Å². The van der Waals surface area contributed by atoms with E-state index in [4.69, 9.17) is 4.42 Å². The highest BCUT2D eigenvalue weighted by atomic mass is 32.1. The van der Waals surface area contributed by atoms with Crippen molar-refractivity contribution in [2.75, 3.05) is 6.54 Å². The van der Waals surface area contributed by atoms with Crippen molar-refractivity contribution in [3.63, 3.8) is 0 Å². The number of aromatic nitrogens is 3. The van der Waals surface area contributed by atoms with Gasteiger partial charge in [0.15, 0.2) is 0 Å². The highest BCUT2D eigenvalue weighted by molar-refractivity contribution is 7.09. The quantitative estimate of drug-likeness (QED) is 0.548. The molecule has 0 bridgehead atoms. The van der Waals surface area contributed by atoms with E-state index in [1.54, 1.807) is 29.9 Å². The van der Waals surface area contributed by atoms with Gasteiger partial charge in [0, 0.05) is 54.0 Å². The summed E-state index contributed by atoms with van der Waals surface area (Å²) in [7, 11) is 0. The molecule has 0 saturated heterocycles. The molecular formula is C21H19FN4O2S.